The van der Waals surface area contributed by atoms with Gasteiger partial charge in [0.2, 0.25) is 5.89 Å². The summed E-state index contributed by atoms with van der Waals surface area (Å²) in [5.41, 5.74) is 10.6. The molecule has 0 saturated carbocycles. The highest BCUT2D eigenvalue weighted by Crippen LogP contribution is 2.47. The van der Waals surface area contributed by atoms with Crippen LogP contribution in [0.5, 0.6) is 0 Å². The Hall–Kier alpha value is -6.53. The zero-order valence-electron chi connectivity index (χ0n) is 28.9. The fraction of sp³-hybridized carbons (Fsp3) is 0. The fourth-order valence-corrected chi connectivity index (χ4v) is 10.1. The first-order valence-corrected chi connectivity index (χ1v) is 19.7. The van der Waals surface area contributed by atoms with E-state index in [1.54, 1.807) is 0 Å². The van der Waals surface area contributed by atoms with Crippen LogP contribution >= 0.6 is 22.7 Å². The minimum atomic E-state index is 0.637. The van der Waals surface area contributed by atoms with E-state index >= 15 is 0 Å². The second kappa shape index (κ2) is 12.6. The standard InChI is InChI=1S/C49H30N2OS2/c1-3-13-31(14-4-1)36-17-7-10-20-41(36)51(35-27-28-45-40(29-35)37-18-8-11-21-43(37)53-45)34-25-23-32(24-26-34)39-30-42-47(50-49(52-42)33-15-5-2-6-16-33)46-38-19-9-12-22-44(38)54-48(39)46/h1-30H. The van der Waals surface area contributed by atoms with Crippen LogP contribution in [0.15, 0.2) is 186 Å². The van der Waals surface area contributed by atoms with E-state index in [-0.39, 0.29) is 0 Å². The number of hydrogen-bond acceptors (Lipinski definition) is 5. The summed E-state index contributed by atoms with van der Waals surface area (Å²) in [6.45, 7) is 0. The van der Waals surface area contributed by atoms with Gasteiger partial charge in [-0.1, -0.05) is 115 Å². The van der Waals surface area contributed by atoms with Crippen molar-refractivity contribution in [3.8, 4) is 33.7 Å². The Bertz CT molecular complexity index is 3160. The minimum Gasteiger partial charge on any atom is -0.436 e. The number of anilines is 3. The number of oxazole rings is 1. The number of benzene rings is 8. The summed E-state index contributed by atoms with van der Waals surface area (Å²) in [6, 6.07) is 65.0. The number of rotatable bonds is 6. The zero-order valence-corrected chi connectivity index (χ0v) is 30.6. The summed E-state index contributed by atoms with van der Waals surface area (Å²) in [5, 5.41) is 4.91. The Balaban J connectivity index is 1.10. The molecule has 0 bridgehead atoms. The van der Waals surface area contributed by atoms with Gasteiger partial charge in [0.1, 0.15) is 5.52 Å². The van der Waals surface area contributed by atoms with Gasteiger partial charge in [-0.05, 0) is 77.9 Å². The molecule has 0 aliphatic carbocycles. The van der Waals surface area contributed by atoms with Gasteiger partial charge >= 0.3 is 0 Å². The first-order chi connectivity index (χ1) is 26.8. The normalized spacial score (nSPS) is 11.7. The van der Waals surface area contributed by atoms with Gasteiger partial charge < -0.3 is 9.32 Å². The predicted octanol–water partition coefficient (Wildman–Crippen LogP) is 15.0. The van der Waals surface area contributed by atoms with Crippen LogP contribution in [-0.4, -0.2) is 4.98 Å². The topological polar surface area (TPSA) is 29.3 Å². The molecule has 0 aliphatic rings. The SMILES string of the molecule is c1ccc(-c2nc3c(cc(-c4ccc(N(c5ccc6sc7ccccc7c6c5)c5ccccc5-c5ccccc5)cc4)c4sc5ccccc5c43)o2)cc1. The highest BCUT2D eigenvalue weighted by atomic mass is 32.1. The summed E-state index contributed by atoms with van der Waals surface area (Å²) in [5.74, 6) is 0.637. The van der Waals surface area contributed by atoms with E-state index in [1.165, 1.54) is 46.1 Å². The molecule has 0 N–H and O–H groups in total. The van der Waals surface area contributed by atoms with Crippen LogP contribution in [0.3, 0.4) is 0 Å². The van der Waals surface area contributed by atoms with E-state index in [2.05, 4.69) is 157 Å². The van der Waals surface area contributed by atoms with Crippen molar-refractivity contribution in [3.05, 3.63) is 182 Å². The molecule has 3 heterocycles. The van der Waals surface area contributed by atoms with E-state index in [0.29, 0.717) is 5.89 Å². The molecule has 0 fully saturated rings. The largest absolute Gasteiger partial charge is 0.436 e. The molecule has 0 atom stereocenters. The molecule has 0 spiro atoms. The summed E-state index contributed by atoms with van der Waals surface area (Å²) < 4.78 is 11.6. The smallest absolute Gasteiger partial charge is 0.227 e. The van der Waals surface area contributed by atoms with Gasteiger partial charge in [-0.25, -0.2) is 4.98 Å². The molecular formula is C49H30N2OS2. The maximum absolute atomic E-state index is 6.52. The number of fused-ring (bicyclic) bond motifs is 8. The Kier molecular flexibility index (Phi) is 7.22. The van der Waals surface area contributed by atoms with E-state index in [1.807, 2.05) is 53.0 Å². The predicted molar refractivity (Wildman–Crippen MR) is 231 cm³/mol. The lowest BCUT2D eigenvalue weighted by Crippen LogP contribution is -2.11. The number of nitrogens with zero attached hydrogens (tertiary/aromatic N) is 2. The van der Waals surface area contributed by atoms with Crippen molar-refractivity contribution in [1.82, 2.24) is 4.98 Å². The lowest BCUT2D eigenvalue weighted by Gasteiger charge is -2.28. The average molecular weight is 727 g/mol. The first kappa shape index (κ1) is 31.0. The number of thiophene rings is 2. The quantitative estimate of drug-likeness (QED) is 0.171. The third-order valence-electron chi connectivity index (χ3n) is 10.3. The summed E-state index contributed by atoms with van der Waals surface area (Å²) in [7, 11) is 0. The molecule has 3 nitrogen and oxygen atoms in total. The monoisotopic (exact) mass is 726 g/mol. The van der Waals surface area contributed by atoms with Gasteiger partial charge in [-0.3, -0.25) is 0 Å². The van der Waals surface area contributed by atoms with Gasteiger partial charge in [-0.15, -0.1) is 22.7 Å². The Labute approximate surface area is 319 Å². The van der Waals surface area contributed by atoms with Gasteiger partial charge in [-0.2, -0.15) is 0 Å². The molecule has 54 heavy (non-hydrogen) atoms. The van der Waals surface area contributed by atoms with Crippen molar-refractivity contribution >= 4 is 91.2 Å². The molecule has 254 valence electrons. The Morgan fingerprint density at radius 1 is 0.444 bits per heavy atom. The van der Waals surface area contributed by atoms with Crippen molar-refractivity contribution in [2.24, 2.45) is 0 Å². The summed E-state index contributed by atoms with van der Waals surface area (Å²) in [6.07, 6.45) is 0. The maximum atomic E-state index is 6.52. The molecule has 5 heteroatoms. The highest BCUT2D eigenvalue weighted by Gasteiger charge is 2.22. The third kappa shape index (κ3) is 5.05. The van der Waals surface area contributed by atoms with Gasteiger partial charge in [0.25, 0.3) is 0 Å². The van der Waals surface area contributed by atoms with Crippen LogP contribution in [0.2, 0.25) is 0 Å². The zero-order chi connectivity index (χ0) is 35.6. The van der Waals surface area contributed by atoms with E-state index in [0.717, 1.165) is 50.2 Å². The third-order valence-corrected chi connectivity index (χ3v) is 12.7. The molecule has 0 amide bonds. The van der Waals surface area contributed by atoms with Crippen LogP contribution in [0, 0.1) is 0 Å². The molecule has 11 aromatic rings. The second-order valence-corrected chi connectivity index (χ2v) is 15.6. The Morgan fingerprint density at radius 2 is 1.06 bits per heavy atom. The fourth-order valence-electron chi connectivity index (χ4n) is 7.80. The number of aromatic nitrogens is 1. The van der Waals surface area contributed by atoms with Crippen LogP contribution in [0.4, 0.5) is 17.1 Å². The van der Waals surface area contributed by atoms with E-state index < -0.39 is 0 Å². The molecular weight excluding hydrogens is 697 g/mol. The molecule has 0 saturated heterocycles. The molecule has 3 aromatic heterocycles. The highest BCUT2D eigenvalue weighted by molar-refractivity contribution is 7.26. The van der Waals surface area contributed by atoms with Gasteiger partial charge in [0.15, 0.2) is 5.58 Å². The molecule has 0 aliphatic heterocycles. The maximum Gasteiger partial charge on any atom is 0.227 e. The summed E-state index contributed by atoms with van der Waals surface area (Å²) in [4.78, 5) is 7.48. The van der Waals surface area contributed by atoms with Gasteiger partial charge in [0, 0.05) is 68.4 Å². The minimum absolute atomic E-state index is 0.637. The Morgan fingerprint density at radius 3 is 1.85 bits per heavy atom. The molecule has 0 unspecified atom stereocenters. The van der Waals surface area contributed by atoms with Crippen molar-refractivity contribution in [1.29, 1.82) is 0 Å². The van der Waals surface area contributed by atoms with Crippen LogP contribution in [-0.2, 0) is 0 Å². The van der Waals surface area contributed by atoms with Crippen LogP contribution in [0.1, 0.15) is 0 Å². The molecule has 8 aromatic carbocycles. The first-order valence-electron chi connectivity index (χ1n) is 18.0. The summed E-state index contributed by atoms with van der Waals surface area (Å²) >= 11 is 3.67. The number of para-hydroxylation sites is 1. The second-order valence-electron chi connectivity index (χ2n) is 13.5. The lowest BCUT2D eigenvalue weighted by molar-refractivity contribution is 0.620. The van der Waals surface area contributed by atoms with Crippen molar-refractivity contribution in [2.45, 2.75) is 0 Å². The average Bonchev–Trinajstić information content (AvgIpc) is 3.95. The lowest BCUT2D eigenvalue weighted by atomic mass is 9.99. The van der Waals surface area contributed by atoms with E-state index in [9.17, 15) is 0 Å². The number of hydrogen-bond donors (Lipinski definition) is 0. The van der Waals surface area contributed by atoms with Crippen molar-refractivity contribution in [3.63, 3.8) is 0 Å². The van der Waals surface area contributed by atoms with E-state index in [4.69, 9.17) is 9.40 Å². The van der Waals surface area contributed by atoms with Crippen LogP contribution < -0.4 is 4.90 Å². The van der Waals surface area contributed by atoms with Crippen molar-refractivity contribution < 1.29 is 4.42 Å². The van der Waals surface area contributed by atoms with Gasteiger partial charge in [0.05, 0.1) is 5.69 Å². The van der Waals surface area contributed by atoms with Crippen molar-refractivity contribution in [2.75, 3.05) is 4.90 Å². The molecule has 0 radical (unpaired) electrons. The van der Waals surface area contributed by atoms with Crippen LogP contribution in [0.25, 0.3) is 85.2 Å². The molecule has 11 rings (SSSR count).